The summed E-state index contributed by atoms with van der Waals surface area (Å²) in [5, 5.41) is 8.13. The molecule has 3 aromatic rings. The van der Waals surface area contributed by atoms with Gasteiger partial charge in [-0.05, 0) is 43.2 Å². The van der Waals surface area contributed by atoms with Crippen molar-refractivity contribution in [1.82, 2.24) is 15.0 Å². The zero-order valence-corrected chi connectivity index (χ0v) is 13.9. The summed E-state index contributed by atoms with van der Waals surface area (Å²) >= 11 is 0. The Morgan fingerprint density at radius 2 is 2.04 bits per heavy atom. The lowest BCUT2D eigenvalue weighted by molar-refractivity contribution is -0.117. The van der Waals surface area contributed by atoms with Gasteiger partial charge in [0.2, 0.25) is 0 Å². The van der Waals surface area contributed by atoms with E-state index in [-0.39, 0.29) is 12.3 Å². The largest absolute Gasteiger partial charge is 0.496 e. The van der Waals surface area contributed by atoms with Gasteiger partial charge in [0.05, 0.1) is 19.0 Å². The summed E-state index contributed by atoms with van der Waals surface area (Å²) in [6, 6.07) is 13.3. The van der Waals surface area contributed by atoms with E-state index < -0.39 is 0 Å². The highest BCUT2D eigenvalue weighted by Gasteiger charge is 2.09. The lowest BCUT2D eigenvalue weighted by Gasteiger charge is -2.06. The lowest BCUT2D eigenvalue weighted by atomic mass is 10.1. The van der Waals surface area contributed by atoms with E-state index in [9.17, 15) is 4.79 Å². The van der Waals surface area contributed by atoms with Crippen molar-refractivity contribution in [2.75, 3.05) is 7.11 Å². The van der Waals surface area contributed by atoms with E-state index in [1.165, 1.54) is 0 Å². The Labute approximate surface area is 139 Å². The van der Waals surface area contributed by atoms with Gasteiger partial charge in [0.15, 0.2) is 0 Å². The Hall–Kier alpha value is -3.02. The number of carbonyl (C=O) groups excluding carboxylic acids is 1. The number of nitrogens with zero attached hydrogens (tertiary/aromatic N) is 4. The van der Waals surface area contributed by atoms with E-state index in [1.54, 1.807) is 18.7 Å². The van der Waals surface area contributed by atoms with Crippen LogP contribution in [-0.4, -0.2) is 33.8 Å². The Morgan fingerprint density at radius 3 is 2.83 bits per heavy atom. The lowest BCUT2D eigenvalue weighted by Crippen LogP contribution is -2.13. The van der Waals surface area contributed by atoms with Gasteiger partial charge >= 0.3 is 0 Å². The van der Waals surface area contributed by atoms with Crippen LogP contribution >= 0.6 is 0 Å². The molecule has 0 unspecified atom stereocenters. The summed E-state index contributed by atoms with van der Waals surface area (Å²) in [4.78, 5) is 16.4. The molecule has 1 heterocycles. The van der Waals surface area contributed by atoms with Crippen LogP contribution in [0.1, 0.15) is 18.1 Å². The first-order valence-electron chi connectivity index (χ1n) is 7.61. The van der Waals surface area contributed by atoms with Crippen molar-refractivity contribution in [3.63, 3.8) is 0 Å². The number of aryl methyl sites for hydroxylation is 1. The number of aromatic nitrogens is 3. The number of carbonyl (C=O) groups is 1. The van der Waals surface area contributed by atoms with Gasteiger partial charge < -0.3 is 4.74 Å². The fourth-order valence-electron chi connectivity index (χ4n) is 2.52. The second-order valence-electron chi connectivity index (χ2n) is 5.52. The third kappa shape index (κ3) is 3.17. The minimum absolute atomic E-state index is 0.209. The van der Waals surface area contributed by atoms with Crippen molar-refractivity contribution in [2.24, 2.45) is 4.99 Å². The van der Waals surface area contributed by atoms with Gasteiger partial charge in [-0.1, -0.05) is 29.5 Å². The summed E-state index contributed by atoms with van der Waals surface area (Å²) in [7, 11) is 1.62. The third-order valence-electron chi connectivity index (χ3n) is 3.77. The Balaban J connectivity index is 1.81. The van der Waals surface area contributed by atoms with Crippen molar-refractivity contribution in [1.29, 1.82) is 0 Å². The van der Waals surface area contributed by atoms with Gasteiger partial charge in [0.1, 0.15) is 17.1 Å². The fraction of sp³-hybridized carbons (Fsp3) is 0.222. The molecule has 0 aliphatic carbocycles. The number of methoxy groups -OCH3 is 1. The van der Waals surface area contributed by atoms with E-state index >= 15 is 0 Å². The first-order valence-corrected chi connectivity index (χ1v) is 7.61. The topological polar surface area (TPSA) is 69.4 Å². The molecule has 3 rings (SSSR count). The van der Waals surface area contributed by atoms with Crippen LogP contribution in [0.2, 0.25) is 0 Å². The van der Waals surface area contributed by atoms with Gasteiger partial charge in [-0.2, -0.15) is 9.67 Å². The van der Waals surface area contributed by atoms with E-state index in [0.717, 1.165) is 27.9 Å². The second kappa shape index (κ2) is 6.62. The van der Waals surface area contributed by atoms with E-state index in [0.29, 0.717) is 5.84 Å². The normalized spacial score (nSPS) is 11.7. The number of hydrogen-bond donors (Lipinski definition) is 0. The van der Waals surface area contributed by atoms with Crippen LogP contribution in [0.5, 0.6) is 5.75 Å². The molecule has 6 nitrogen and oxygen atoms in total. The zero-order chi connectivity index (χ0) is 17.1. The monoisotopic (exact) mass is 322 g/mol. The standard InChI is InChI=1S/C18H18N4O2/c1-12-8-9-14(10-17(12)24-3)11-18(23)19-13(2)22-16-7-5-4-6-15(16)20-21-22/h4-10H,11H2,1-3H3/b19-13+. The molecule has 0 atom stereocenters. The summed E-state index contributed by atoms with van der Waals surface area (Å²) in [6.07, 6.45) is 0.209. The molecule has 6 heteroatoms. The molecule has 0 aliphatic heterocycles. The van der Waals surface area contributed by atoms with Gasteiger partial charge in [0, 0.05) is 0 Å². The van der Waals surface area contributed by atoms with E-state index in [1.807, 2.05) is 49.4 Å². The molecular formula is C18H18N4O2. The molecule has 0 fully saturated rings. The van der Waals surface area contributed by atoms with Gasteiger partial charge in [-0.15, -0.1) is 5.10 Å². The van der Waals surface area contributed by atoms with Crippen LogP contribution < -0.4 is 4.74 Å². The average Bonchev–Trinajstić information content (AvgIpc) is 3.00. The predicted molar refractivity (Wildman–Crippen MR) is 92.5 cm³/mol. The van der Waals surface area contributed by atoms with Crippen LogP contribution in [-0.2, 0) is 11.2 Å². The number of aliphatic imine (C=N–C) groups is 1. The number of amides is 1. The molecule has 122 valence electrons. The van der Waals surface area contributed by atoms with Crippen LogP contribution in [0.25, 0.3) is 11.0 Å². The number of benzene rings is 2. The van der Waals surface area contributed by atoms with Crippen molar-refractivity contribution in [3.05, 3.63) is 53.6 Å². The molecule has 0 N–H and O–H groups in total. The van der Waals surface area contributed by atoms with Crippen molar-refractivity contribution >= 4 is 22.8 Å². The van der Waals surface area contributed by atoms with Gasteiger partial charge in [0.25, 0.3) is 5.91 Å². The minimum Gasteiger partial charge on any atom is -0.496 e. The maximum atomic E-state index is 12.2. The summed E-state index contributed by atoms with van der Waals surface area (Å²) < 4.78 is 6.86. The summed E-state index contributed by atoms with van der Waals surface area (Å²) in [5.41, 5.74) is 3.48. The molecule has 1 aromatic heterocycles. The van der Waals surface area contributed by atoms with Gasteiger partial charge in [-0.25, -0.2) is 0 Å². The highest BCUT2D eigenvalue weighted by atomic mass is 16.5. The fourth-order valence-corrected chi connectivity index (χ4v) is 2.52. The highest BCUT2D eigenvalue weighted by molar-refractivity contribution is 5.98. The van der Waals surface area contributed by atoms with E-state index in [2.05, 4.69) is 15.3 Å². The molecular weight excluding hydrogens is 304 g/mol. The molecule has 0 spiro atoms. The Morgan fingerprint density at radius 1 is 1.25 bits per heavy atom. The van der Waals surface area contributed by atoms with Gasteiger partial charge in [-0.3, -0.25) is 4.79 Å². The van der Waals surface area contributed by atoms with Crippen LogP contribution in [0, 0.1) is 6.92 Å². The predicted octanol–water partition coefficient (Wildman–Crippen LogP) is 2.78. The molecule has 0 bridgehead atoms. The molecule has 0 saturated carbocycles. The number of para-hydroxylation sites is 1. The number of ether oxygens (including phenoxy) is 1. The molecule has 0 radical (unpaired) electrons. The van der Waals surface area contributed by atoms with Crippen molar-refractivity contribution < 1.29 is 9.53 Å². The number of fused-ring (bicyclic) bond motifs is 1. The molecule has 24 heavy (non-hydrogen) atoms. The SMILES string of the molecule is COc1cc(CC(=O)/N=C(\C)n2nnc3ccccc32)ccc1C. The molecule has 2 aromatic carbocycles. The number of rotatable bonds is 3. The number of hydrogen-bond acceptors (Lipinski definition) is 4. The van der Waals surface area contributed by atoms with E-state index in [4.69, 9.17) is 4.74 Å². The summed E-state index contributed by atoms with van der Waals surface area (Å²) in [5.74, 6) is 1.02. The molecule has 0 saturated heterocycles. The first-order chi connectivity index (χ1) is 11.6. The van der Waals surface area contributed by atoms with Crippen molar-refractivity contribution in [2.45, 2.75) is 20.3 Å². The van der Waals surface area contributed by atoms with Crippen LogP contribution in [0.3, 0.4) is 0 Å². The Kier molecular flexibility index (Phi) is 4.37. The maximum Gasteiger partial charge on any atom is 0.251 e. The zero-order valence-electron chi connectivity index (χ0n) is 13.9. The summed E-state index contributed by atoms with van der Waals surface area (Å²) in [6.45, 7) is 3.71. The van der Waals surface area contributed by atoms with Crippen molar-refractivity contribution in [3.8, 4) is 5.75 Å². The quantitative estimate of drug-likeness (QED) is 0.549. The minimum atomic E-state index is -0.238. The highest BCUT2D eigenvalue weighted by Crippen LogP contribution is 2.19. The average molecular weight is 322 g/mol. The van der Waals surface area contributed by atoms with Crippen LogP contribution in [0.15, 0.2) is 47.5 Å². The molecule has 0 aliphatic rings. The maximum absolute atomic E-state index is 12.2. The molecule has 1 amide bonds. The Bertz CT molecular complexity index is 928. The third-order valence-corrected chi connectivity index (χ3v) is 3.77. The van der Waals surface area contributed by atoms with Crippen LogP contribution in [0.4, 0.5) is 0 Å². The second-order valence-corrected chi connectivity index (χ2v) is 5.52. The smallest absolute Gasteiger partial charge is 0.251 e. The first kappa shape index (κ1) is 15.9.